The van der Waals surface area contributed by atoms with Crippen molar-refractivity contribution in [2.24, 2.45) is 0 Å². The summed E-state index contributed by atoms with van der Waals surface area (Å²) in [5.74, 6) is -0.903. The number of carboxylic acids is 1. The van der Waals surface area contributed by atoms with Gasteiger partial charge in [-0.25, -0.2) is 4.79 Å². The van der Waals surface area contributed by atoms with Gasteiger partial charge in [-0.2, -0.15) is 0 Å². The Kier molecular flexibility index (Phi) is 4.54. The zero-order valence-electron chi connectivity index (χ0n) is 10.8. The number of fused-ring (bicyclic) bond motifs is 1. The Morgan fingerprint density at radius 3 is 2.84 bits per heavy atom. The summed E-state index contributed by atoms with van der Waals surface area (Å²) >= 11 is 0. The van der Waals surface area contributed by atoms with Crippen molar-refractivity contribution < 1.29 is 19.4 Å². The Hall–Kier alpha value is -1.85. The second-order valence-corrected chi connectivity index (χ2v) is 4.16. The monoisotopic (exact) mass is 263 g/mol. The first kappa shape index (κ1) is 13.6. The number of ether oxygens (including phenoxy) is 2. The van der Waals surface area contributed by atoms with Crippen molar-refractivity contribution in [3.05, 3.63) is 36.0 Å². The molecule has 0 saturated heterocycles. The topological polar surface area (TPSA) is 60.7 Å². The van der Waals surface area contributed by atoms with Gasteiger partial charge < -0.3 is 19.1 Å². The standard InChI is InChI=1S/C14H17NO4/c1-18-9-10-19-8-7-15-6-5-11-12(14(16)17)3-2-4-13(11)15/h2-6H,7-10H2,1H3,(H,16,17). The lowest BCUT2D eigenvalue weighted by atomic mass is 10.1. The lowest BCUT2D eigenvalue weighted by molar-refractivity contribution is 0.0670. The summed E-state index contributed by atoms with van der Waals surface area (Å²) in [5, 5.41) is 9.87. The highest BCUT2D eigenvalue weighted by Gasteiger charge is 2.10. The molecule has 0 aliphatic rings. The molecule has 1 aromatic heterocycles. The van der Waals surface area contributed by atoms with Crippen LogP contribution in [0.15, 0.2) is 30.5 Å². The molecule has 0 atom stereocenters. The number of hydrogen-bond acceptors (Lipinski definition) is 3. The summed E-state index contributed by atoms with van der Waals surface area (Å²) in [6.45, 7) is 2.41. The molecule has 0 bridgehead atoms. The molecule has 1 aromatic carbocycles. The molecular formula is C14H17NO4. The molecule has 0 unspecified atom stereocenters. The van der Waals surface area contributed by atoms with Gasteiger partial charge in [0.1, 0.15) is 0 Å². The molecule has 0 radical (unpaired) electrons. The first-order valence-electron chi connectivity index (χ1n) is 6.12. The molecule has 0 amide bonds. The maximum atomic E-state index is 11.1. The summed E-state index contributed by atoms with van der Waals surface area (Å²) < 4.78 is 12.3. The lowest BCUT2D eigenvalue weighted by Crippen LogP contribution is -2.08. The summed E-state index contributed by atoms with van der Waals surface area (Å²) in [4.78, 5) is 11.1. The van der Waals surface area contributed by atoms with Gasteiger partial charge in [-0.1, -0.05) is 6.07 Å². The Morgan fingerprint density at radius 2 is 2.11 bits per heavy atom. The molecular weight excluding hydrogens is 246 g/mol. The molecule has 19 heavy (non-hydrogen) atoms. The van der Waals surface area contributed by atoms with Gasteiger partial charge in [0.2, 0.25) is 0 Å². The first-order chi connectivity index (χ1) is 9.24. The van der Waals surface area contributed by atoms with E-state index in [0.29, 0.717) is 31.9 Å². The fourth-order valence-electron chi connectivity index (χ4n) is 2.01. The van der Waals surface area contributed by atoms with Crippen LogP contribution >= 0.6 is 0 Å². The van der Waals surface area contributed by atoms with Crippen molar-refractivity contribution in [3.63, 3.8) is 0 Å². The molecule has 0 aliphatic carbocycles. The van der Waals surface area contributed by atoms with Gasteiger partial charge in [-0.15, -0.1) is 0 Å². The normalized spacial score (nSPS) is 11.0. The van der Waals surface area contributed by atoms with Crippen molar-refractivity contribution >= 4 is 16.9 Å². The van der Waals surface area contributed by atoms with Crippen molar-refractivity contribution in [1.29, 1.82) is 0 Å². The Bertz CT molecular complexity index is 562. The quantitative estimate of drug-likeness (QED) is 0.776. The zero-order valence-corrected chi connectivity index (χ0v) is 10.8. The third-order valence-electron chi connectivity index (χ3n) is 2.95. The number of aromatic nitrogens is 1. The van der Waals surface area contributed by atoms with E-state index in [4.69, 9.17) is 14.6 Å². The van der Waals surface area contributed by atoms with Crippen LogP contribution in [0, 0.1) is 0 Å². The summed E-state index contributed by atoms with van der Waals surface area (Å²) in [6, 6.07) is 7.11. The molecule has 1 heterocycles. The van der Waals surface area contributed by atoms with Crippen LogP contribution in [0.25, 0.3) is 10.9 Å². The van der Waals surface area contributed by atoms with Gasteiger partial charge in [0.05, 0.1) is 25.4 Å². The van der Waals surface area contributed by atoms with E-state index in [1.807, 2.05) is 22.9 Å². The van der Waals surface area contributed by atoms with E-state index in [-0.39, 0.29) is 0 Å². The van der Waals surface area contributed by atoms with E-state index < -0.39 is 5.97 Å². The Morgan fingerprint density at radius 1 is 1.26 bits per heavy atom. The minimum absolute atomic E-state index is 0.330. The average Bonchev–Trinajstić information content (AvgIpc) is 2.81. The van der Waals surface area contributed by atoms with E-state index in [1.54, 1.807) is 19.2 Å². The van der Waals surface area contributed by atoms with Gasteiger partial charge in [0.15, 0.2) is 0 Å². The van der Waals surface area contributed by atoms with E-state index in [2.05, 4.69) is 0 Å². The minimum Gasteiger partial charge on any atom is -0.478 e. The van der Waals surface area contributed by atoms with Gasteiger partial charge in [-0.05, 0) is 18.2 Å². The molecule has 5 nitrogen and oxygen atoms in total. The fraction of sp³-hybridized carbons (Fsp3) is 0.357. The third-order valence-corrected chi connectivity index (χ3v) is 2.95. The van der Waals surface area contributed by atoms with Crippen LogP contribution in [0.3, 0.4) is 0 Å². The van der Waals surface area contributed by atoms with Crippen LogP contribution < -0.4 is 0 Å². The number of nitrogens with zero attached hydrogens (tertiary/aromatic N) is 1. The van der Waals surface area contributed by atoms with Crippen LogP contribution in [0.5, 0.6) is 0 Å². The maximum absolute atomic E-state index is 11.1. The highest BCUT2D eigenvalue weighted by Crippen LogP contribution is 2.20. The molecule has 5 heteroatoms. The SMILES string of the molecule is COCCOCCn1ccc2c(C(=O)O)cccc21. The van der Waals surface area contributed by atoms with E-state index >= 15 is 0 Å². The van der Waals surface area contributed by atoms with Crippen molar-refractivity contribution in [2.75, 3.05) is 26.9 Å². The maximum Gasteiger partial charge on any atom is 0.336 e. The van der Waals surface area contributed by atoms with Gasteiger partial charge in [0.25, 0.3) is 0 Å². The van der Waals surface area contributed by atoms with Crippen LogP contribution in [0.1, 0.15) is 10.4 Å². The first-order valence-corrected chi connectivity index (χ1v) is 6.12. The lowest BCUT2D eigenvalue weighted by Gasteiger charge is -2.07. The molecule has 0 saturated carbocycles. The number of methoxy groups -OCH3 is 1. The third kappa shape index (κ3) is 3.13. The number of carbonyl (C=O) groups is 1. The van der Waals surface area contributed by atoms with Crippen LogP contribution in [0.2, 0.25) is 0 Å². The second-order valence-electron chi connectivity index (χ2n) is 4.16. The summed E-state index contributed by atoms with van der Waals surface area (Å²) in [5.41, 5.74) is 1.24. The van der Waals surface area contributed by atoms with Gasteiger partial charge in [0, 0.05) is 30.8 Å². The van der Waals surface area contributed by atoms with E-state index in [1.165, 1.54) is 0 Å². The van der Waals surface area contributed by atoms with Crippen LogP contribution in [0.4, 0.5) is 0 Å². The fourth-order valence-corrected chi connectivity index (χ4v) is 2.01. The summed E-state index contributed by atoms with van der Waals surface area (Å²) in [7, 11) is 1.64. The molecule has 0 fully saturated rings. The molecule has 2 rings (SSSR count). The number of rotatable bonds is 7. The van der Waals surface area contributed by atoms with E-state index in [9.17, 15) is 4.79 Å². The zero-order chi connectivity index (χ0) is 13.7. The largest absolute Gasteiger partial charge is 0.478 e. The van der Waals surface area contributed by atoms with E-state index in [0.717, 1.165) is 10.9 Å². The Balaban J connectivity index is 2.08. The van der Waals surface area contributed by atoms with Crippen molar-refractivity contribution in [2.45, 2.75) is 6.54 Å². The predicted octanol–water partition coefficient (Wildman–Crippen LogP) is 2.00. The number of benzene rings is 1. The van der Waals surface area contributed by atoms with Crippen LogP contribution in [-0.2, 0) is 16.0 Å². The highest BCUT2D eigenvalue weighted by atomic mass is 16.5. The van der Waals surface area contributed by atoms with Crippen molar-refractivity contribution in [3.8, 4) is 0 Å². The van der Waals surface area contributed by atoms with Gasteiger partial charge in [-0.3, -0.25) is 0 Å². The Labute approximate surface area is 111 Å². The summed E-state index contributed by atoms with van der Waals surface area (Å²) in [6.07, 6.45) is 1.89. The second kappa shape index (κ2) is 6.36. The molecule has 1 N–H and O–H groups in total. The molecule has 0 aliphatic heterocycles. The average molecular weight is 263 g/mol. The minimum atomic E-state index is -0.903. The molecule has 0 spiro atoms. The smallest absolute Gasteiger partial charge is 0.336 e. The van der Waals surface area contributed by atoms with Crippen molar-refractivity contribution in [1.82, 2.24) is 4.57 Å². The highest BCUT2D eigenvalue weighted by molar-refractivity contribution is 6.02. The molecule has 102 valence electrons. The van der Waals surface area contributed by atoms with Crippen LogP contribution in [-0.4, -0.2) is 42.6 Å². The number of aromatic carboxylic acids is 1. The number of carboxylic acid groups (broad SMARTS) is 1. The molecule has 2 aromatic rings. The number of hydrogen-bond donors (Lipinski definition) is 1. The van der Waals surface area contributed by atoms with Gasteiger partial charge >= 0.3 is 5.97 Å². The predicted molar refractivity (Wildman–Crippen MR) is 71.6 cm³/mol.